The van der Waals surface area contributed by atoms with Crippen molar-refractivity contribution in [2.75, 3.05) is 5.73 Å². The zero-order valence-corrected chi connectivity index (χ0v) is 13.0. The molecule has 6 heteroatoms. The summed E-state index contributed by atoms with van der Waals surface area (Å²) in [5, 5.41) is 4.82. The van der Waals surface area contributed by atoms with E-state index in [1.54, 1.807) is 4.68 Å². The van der Waals surface area contributed by atoms with Crippen molar-refractivity contribution in [2.24, 2.45) is 0 Å². The van der Waals surface area contributed by atoms with Crippen LogP contribution in [0.25, 0.3) is 0 Å². The van der Waals surface area contributed by atoms with Gasteiger partial charge in [-0.25, -0.2) is 4.68 Å². The fourth-order valence-electron chi connectivity index (χ4n) is 1.51. The number of anilines is 1. The Hall–Kier alpha value is -0.520. The summed E-state index contributed by atoms with van der Waals surface area (Å²) in [7, 11) is 0. The Labute approximate surface area is 121 Å². The molecule has 0 spiro atoms. The molecule has 0 atom stereocenters. The fourth-order valence-corrected chi connectivity index (χ4v) is 2.32. The molecule has 0 fully saturated rings. The molecule has 1 aromatic heterocycles. The van der Waals surface area contributed by atoms with Gasteiger partial charge in [0.15, 0.2) is 0 Å². The zero-order valence-electron chi connectivity index (χ0n) is 9.04. The highest BCUT2D eigenvalue weighted by molar-refractivity contribution is 9.13. The summed E-state index contributed by atoms with van der Waals surface area (Å²) in [4.78, 5) is 0. The number of aromatic nitrogens is 2. The molecule has 2 aromatic rings. The normalized spacial score (nSPS) is 10.8. The van der Waals surface area contributed by atoms with Crippen LogP contribution in [0.5, 0.6) is 0 Å². The Morgan fingerprint density at radius 2 is 2.06 bits per heavy atom. The van der Waals surface area contributed by atoms with Gasteiger partial charge in [-0.15, -0.1) is 0 Å². The maximum atomic E-state index is 6.00. The van der Waals surface area contributed by atoms with E-state index < -0.39 is 0 Å². The van der Waals surface area contributed by atoms with Crippen LogP contribution in [-0.2, 0) is 6.54 Å². The molecule has 1 aromatic carbocycles. The molecule has 0 amide bonds. The van der Waals surface area contributed by atoms with E-state index in [0.29, 0.717) is 17.4 Å². The molecular formula is C11H10Br2ClN3. The van der Waals surface area contributed by atoms with Crippen molar-refractivity contribution in [3.8, 4) is 0 Å². The van der Waals surface area contributed by atoms with E-state index in [4.69, 9.17) is 17.3 Å². The SMILES string of the molecule is Cc1nn(Cc2ccc(Br)c(Br)c2)c(N)c1Cl. The molecule has 2 rings (SSSR count). The molecule has 0 bridgehead atoms. The Morgan fingerprint density at radius 3 is 2.59 bits per heavy atom. The third kappa shape index (κ3) is 2.67. The molecule has 0 aliphatic rings. The van der Waals surface area contributed by atoms with Crippen LogP contribution in [0.2, 0.25) is 5.02 Å². The summed E-state index contributed by atoms with van der Waals surface area (Å²) in [5.41, 5.74) is 7.72. The van der Waals surface area contributed by atoms with Crippen molar-refractivity contribution in [2.45, 2.75) is 13.5 Å². The molecule has 3 nitrogen and oxygen atoms in total. The van der Waals surface area contributed by atoms with E-state index >= 15 is 0 Å². The molecule has 0 aliphatic heterocycles. The van der Waals surface area contributed by atoms with Gasteiger partial charge in [0.2, 0.25) is 0 Å². The number of hydrogen-bond acceptors (Lipinski definition) is 2. The second-order valence-electron chi connectivity index (χ2n) is 3.69. The van der Waals surface area contributed by atoms with Gasteiger partial charge >= 0.3 is 0 Å². The third-order valence-electron chi connectivity index (χ3n) is 2.41. The molecule has 90 valence electrons. The summed E-state index contributed by atoms with van der Waals surface area (Å²) in [5.74, 6) is 0.503. The highest BCUT2D eigenvalue weighted by Crippen LogP contribution is 2.26. The first-order chi connectivity index (χ1) is 7.99. The van der Waals surface area contributed by atoms with Gasteiger partial charge in [0.1, 0.15) is 10.8 Å². The summed E-state index contributed by atoms with van der Waals surface area (Å²) >= 11 is 12.9. The largest absolute Gasteiger partial charge is 0.383 e. The topological polar surface area (TPSA) is 43.8 Å². The highest BCUT2D eigenvalue weighted by Gasteiger charge is 2.10. The molecule has 0 radical (unpaired) electrons. The number of benzene rings is 1. The second kappa shape index (κ2) is 5.00. The monoisotopic (exact) mass is 377 g/mol. The molecule has 0 aliphatic carbocycles. The first-order valence-electron chi connectivity index (χ1n) is 4.91. The lowest BCUT2D eigenvalue weighted by Crippen LogP contribution is -2.06. The number of nitrogens with two attached hydrogens (primary N) is 1. The van der Waals surface area contributed by atoms with Crippen LogP contribution in [0.4, 0.5) is 5.82 Å². The average molecular weight is 379 g/mol. The van der Waals surface area contributed by atoms with Crippen molar-refractivity contribution in [3.63, 3.8) is 0 Å². The van der Waals surface area contributed by atoms with Gasteiger partial charge in [0, 0.05) is 8.95 Å². The number of hydrogen-bond donors (Lipinski definition) is 1. The van der Waals surface area contributed by atoms with Gasteiger partial charge in [-0.1, -0.05) is 17.7 Å². The smallest absolute Gasteiger partial charge is 0.141 e. The van der Waals surface area contributed by atoms with Gasteiger partial charge < -0.3 is 5.73 Å². The summed E-state index contributed by atoms with van der Waals surface area (Å²) in [6.45, 7) is 2.44. The van der Waals surface area contributed by atoms with E-state index in [0.717, 1.165) is 20.2 Å². The quantitative estimate of drug-likeness (QED) is 0.857. The number of nitrogen functional groups attached to an aromatic ring is 1. The van der Waals surface area contributed by atoms with Crippen LogP contribution in [0, 0.1) is 6.92 Å². The van der Waals surface area contributed by atoms with Gasteiger partial charge in [-0.2, -0.15) is 5.10 Å². The molecule has 0 saturated carbocycles. The van der Waals surface area contributed by atoms with Crippen LogP contribution in [0.1, 0.15) is 11.3 Å². The Kier molecular flexibility index (Phi) is 3.80. The van der Waals surface area contributed by atoms with Crippen molar-refractivity contribution in [3.05, 3.63) is 43.4 Å². The zero-order chi connectivity index (χ0) is 12.6. The Balaban J connectivity index is 2.31. The van der Waals surface area contributed by atoms with Crippen LogP contribution >= 0.6 is 43.5 Å². The lowest BCUT2D eigenvalue weighted by molar-refractivity contribution is 0.689. The van der Waals surface area contributed by atoms with Crippen molar-refractivity contribution in [1.82, 2.24) is 9.78 Å². The fraction of sp³-hybridized carbons (Fsp3) is 0.182. The minimum absolute atomic E-state index is 0.503. The van der Waals surface area contributed by atoms with E-state index in [2.05, 4.69) is 37.0 Å². The van der Waals surface area contributed by atoms with E-state index in [1.165, 1.54) is 0 Å². The lowest BCUT2D eigenvalue weighted by atomic mass is 10.2. The predicted octanol–water partition coefficient (Wildman–Crippen LogP) is 4.00. The summed E-state index contributed by atoms with van der Waals surface area (Å²) in [6, 6.07) is 6.02. The maximum absolute atomic E-state index is 6.00. The van der Waals surface area contributed by atoms with E-state index in [-0.39, 0.29) is 0 Å². The van der Waals surface area contributed by atoms with Gasteiger partial charge in [-0.05, 0) is 56.5 Å². The molecule has 2 N–H and O–H groups in total. The number of nitrogens with zero attached hydrogens (tertiary/aromatic N) is 2. The van der Waals surface area contributed by atoms with Gasteiger partial charge in [0.25, 0.3) is 0 Å². The number of rotatable bonds is 2. The standard InChI is InChI=1S/C11H10Br2ClN3/c1-6-10(14)11(15)17(16-6)5-7-2-3-8(12)9(13)4-7/h2-4H,5,15H2,1H3. The second-order valence-corrected chi connectivity index (χ2v) is 5.78. The molecule has 0 saturated heterocycles. The minimum atomic E-state index is 0.503. The maximum Gasteiger partial charge on any atom is 0.141 e. The molecular weight excluding hydrogens is 369 g/mol. The first-order valence-corrected chi connectivity index (χ1v) is 6.87. The van der Waals surface area contributed by atoms with E-state index in [9.17, 15) is 0 Å². The molecule has 17 heavy (non-hydrogen) atoms. The number of halogens is 3. The van der Waals surface area contributed by atoms with Crippen LogP contribution in [0.3, 0.4) is 0 Å². The minimum Gasteiger partial charge on any atom is -0.383 e. The average Bonchev–Trinajstić information content (AvgIpc) is 2.52. The first kappa shape index (κ1) is 12.9. The van der Waals surface area contributed by atoms with Gasteiger partial charge in [0.05, 0.1) is 12.2 Å². The van der Waals surface area contributed by atoms with Crippen molar-refractivity contribution >= 4 is 49.3 Å². The van der Waals surface area contributed by atoms with E-state index in [1.807, 2.05) is 25.1 Å². The Morgan fingerprint density at radius 1 is 1.35 bits per heavy atom. The van der Waals surface area contributed by atoms with Gasteiger partial charge in [-0.3, -0.25) is 0 Å². The van der Waals surface area contributed by atoms with Crippen molar-refractivity contribution < 1.29 is 0 Å². The summed E-state index contributed by atoms with van der Waals surface area (Å²) < 4.78 is 3.72. The molecule has 0 unspecified atom stereocenters. The molecule has 1 heterocycles. The number of aryl methyl sites for hydroxylation is 1. The lowest BCUT2D eigenvalue weighted by Gasteiger charge is -2.05. The van der Waals surface area contributed by atoms with Crippen LogP contribution in [0.15, 0.2) is 27.1 Å². The van der Waals surface area contributed by atoms with Crippen LogP contribution in [-0.4, -0.2) is 9.78 Å². The van der Waals surface area contributed by atoms with Crippen molar-refractivity contribution in [1.29, 1.82) is 0 Å². The summed E-state index contributed by atoms with van der Waals surface area (Å²) in [6.07, 6.45) is 0. The third-order valence-corrected chi connectivity index (χ3v) is 4.75. The van der Waals surface area contributed by atoms with Crippen LogP contribution < -0.4 is 5.73 Å². The highest BCUT2D eigenvalue weighted by atomic mass is 79.9. The predicted molar refractivity (Wildman–Crippen MR) is 77.3 cm³/mol. The Bertz CT molecular complexity index is 566.